The molecule has 0 saturated carbocycles. The minimum absolute atomic E-state index is 0.698. The van der Waals surface area contributed by atoms with Crippen LogP contribution in [0, 0.1) is 6.92 Å². The van der Waals surface area contributed by atoms with Crippen LogP contribution in [0.1, 0.15) is 36.9 Å². The summed E-state index contributed by atoms with van der Waals surface area (Å²) in [5.74, 6) is 0. The first-order valence-corrected chi connectivity index (χ1v) is 7.19. The molecule has 2 aliphatic rings. The van der Waals surface area contributed by atoms with E-state index in [0.29, 0.717) is 6.04 Å². The summed E-state index contributed by atoms with van der Waals surface area (Å²) in [6, 6.07) is 1.55. The normalized spacial score (nSPS) is 28.6. The lowest BCUT2D eigenvalue weighted by atomic mass is 9.97. The number of hydrogen-bond acceptors (Lipinski definition) is 3. The topological polar surface area (TPSA) is 33.1 Å². The molecule has 0 aromatic carbocycles. The monoisotopic (exact) mass is 248 g/mol. The van der Waals surface area contributed by atoms with Crippen molar-refractivity contribution < 1.29 is 0 Å². The Kier molecular flexibility index (Phi) is 3.39. The third-order valence-corrected chi connectivity index (χ3v) is 4.52. The van der Waals surface area contributed by atoms with Crippen LogP contribution in [0.2, 0.25) is 0 Å². The van der Waals surface area contributed by atoms with Gasteiger partial charge in [0.25, 0.3) is 0 Å². The van der Waals surface area contributed by atoms with Crippen molar-refractivity contribution in [2.45, 2.75) is 51.2 Å². The molecule has 0 radical (unpaired) electrons. The number of fused-ring (bicyclic) bond motifs is 1. The molecule has 2 unspecified atom stereocenters. The molecule has 2 fully saturated rings. The van der Waals surface area contributed by atoms with Crippen LogP contribution in [-0.4, -0.2) is 39.9 Å². The fourth-order valence-electron chi connectivity index (χ4n) is 3.49. The molecule has 4 nitrogen and oxygen atoms in total. The van der Waals surface area contributed by atoms with E-state index in [2.05, 4.69) is 28.4 Å². The maximum Gasteiger partial charge on any atom is 0.0638 e. The molecule has 2 saturated heterocycles. The van der Waals surface area contributed by atoms with Crippen molar-refractivity contribution in [3.8, 4) is 0 Å². The molecule has 0 amide bonds. The maximum absolute atomic E-state index is 4.40. The molecule has 0 spiro atoms. The van der Waals surface area contributed by atoms with Crippen molar-refractivity contribution in [1.82, 2.24) is 20.0 Å². The third kappa shape index (κ3) is 2.45. The van der Waals surface area contributed by atoms with E-state index in [4.69, 9.17) is 0 Å². The summed E-state index contributed by atoms with van der Waals surface area (Å²) >= 11 is 0. The zero-order valence-corrected chi connectivity index (χ0v) is 11.5. The van der Waals surface area contributed by atoms with Gasteiger partial charge in [0.05, 0.1) is 5.69 Å². The van der Waals surface area contributed by atoms with Gasteiger partial charge in [0.2, 0.25) is 0 Å². The third-order valence-electron chi connectivity index (χ3n) is 4.52. The van der Waals surface area contributed by atoms with E-state index in [1.54, 1.807) is 0 Å². The van der Waals surface area contributed by atoms with Crippen LogP contribution in [0.4, 0.5) is 0 Å². The van der Waals surface area contributed by atoms with Crippen LogP contribution in [0.3, 0.4) is 0 Å². The lowest BCUT2D eigenvalue weighted by Crippen LogP contribution is -2.45. The minimum atomic E-state index is 0.698. The summed E-state index contributed by atoms with van der Waals surface area (Å²) in [4.78, 5) is 2.67. The van der Waals surface area contributed by atoms with Gasteiger partial charge in [0.1, 0.15) is 0 Å². The van der Waals surface area contributed by atoms with Gasteiger partial charge in [0, 0.05) is 37.4 Å². The van der Waals surface area contributed by atoms with Crippen LogP contribution >= 0.6 is 0 Å². The molecular weight excluding hydrogens is 224 g/mol. The van der Waals surface area contributed by atoms with Gasteiger partial charge in [-0.3, -0.25) is 4.68 Å². The van der Waals surface area contributed by atoms with Crippen LogP contribution in [0.15, 0.2) is 6.20 Å². The van der Waals surface area contributed by atoms with E-state index < -0.39 is 0 Å². The van der Waals surface area contributed by atoms with Crippen molar-refractivity contribution in [2.24, 2.45) is 7.05 Å². The van der Waals surface area contributed by atoms with Gasteiger partial charge in [-0.05, 0) is 45.7 Å². The van der Waals surface area contributed by atoms with E-state index in [1.807, 2.05) is 11.7 Å². The Morgan fingerprint density at radius 1 is 1.39 bits per heavy atom. The summed E-state index contributed by atoms with van der Waals surface area (Å²) in [5, 5.41) is 8.12. The number of aryl methyl sites for hydroxylation is 2. The van der Waals surface area contributed by atoms with Crippen molar-refractivity contribution >= 4 is 0 Å². The first-order chi connectivity index (χ1) is 8.72. The van der Waals surface area contributed by atoms with Crippen LogP contribution in [0.5, 0.6) is 0 Å². The Labute approximate surface area is 109 Å². The van der Waals surface area contributed by atoms with E-state index in [9.17, 15) is 0 Å². The predicted molar refractivity (Wildman–Crippen MR) is 72.4 cm³/mol. The molecule has 0 aliphatic carbocycles. The molecule has 0 bridgehead atoms. The van der Waals surface area contributed by atoms with Gasteiger partial charge in [0.15, 0.2) is 0 Å². The zero-order valence-electron chi connectivity index (χ0n) is 11.5. The molecule has 1 N–H and O–H groups in total. The second-order valence-corrected chi connectivity index (χ2v) is 5.85. The molecule has 3 heterocycles. The largest absolute Gasteiger partial charge is 0.310 e. The van der Waals surface area contributed by atoms with E-state index in [-0.39, 0.29) is 0 Å². The fourth-order valence-corrected chi connectivity index (χ4v) is 3.49. The standard InChI is InChI=1S/C14H24N4/c1-11-12(10-17(2)16-11)9-15-13-5-7-18-6-3-4-14(18)8-13/h10,13-15H,3-9H2,1-2H3. The Balaban J connectivity index is 1.53. The second kappa shape index (κ2) is 5.02. The van der Waals surface area contributed by atoms with Gasteiger partial charge in [-0.1, -0.05) is 0 Å². The lowest BCUT2D eigenvalue weighted by Gasteiger charge is -2.35. The minimum Gasteiger partial charge on any atom is -0.310 e. The van der Waals surface area contributed by atoms with E-state index in [1.165, 1.54) is 44.3 Å². The Morgan fingerprint density at radius 3 is 3.06 bits per heavy atom. The zero-order chi connectivity index (χ0) is 12.5. The van der Waals surface area contributed by atoms with Gasteiger partial charge < -0.3 is 10.2 Å². The Bertz CT molecular complexity index is 412. The maximum atomic E-state index is 4.40. The lowest BCUT2D eigenvalue weighted by molar-refractivity contribution is 0.166. The molecule has 1 aromatic rings. The SMILES string of the molecule is Cc1nn(C)cc1CNC1CCN2CCCC2C1. The highest BCUT2D eigenvalue weighted by Gasteiger charge is 2.31. The summed E-state index contributed by atoms with van der Waals surface area (Å²) in [5.41, 5.74) is 2.50. The van der Waals surface area contributed by atoms with Crippen molar-refractivity contribution in [2.75, 3.05) is 13.1 Å². The summed E-state index contributed by atoms with van der Waals surface area (Å²) in [6.45, 7) is 5.68. The van der Waals surface area contributed by atoms with Crippen molar-refractivity contribution in [1.29, 1.82) is 0 Å². The van der Waals surface area contributed by atoms with Crippen molar-refractivity contribution in [3.05, 3.63) is 17.5 Å². The van der Waals surface area contributed by atoms with E-state index >= 15 is 0 Å². The fraction of sp³-hybridized carbons (Fsp3) is 0.786. The van der Waals surface area contributed by atoms with Gasteiger partial charge in [-0.15, -0.1) is 0 Å². The number of rotatable bonds is 3. The summed E-state index contributed by atoms with van der Waals surface area (Å²) in [7, 11) is 1.99. The smallest absolute Gasteiger partial charge is 0.0638 e. The average molecular weight is 248 g/mol. The number of hydrogen-bond donors (Lipinski definition) is 1. The molecule has 2 atom stereocenters. The van der Waals surface area contributed by atoms with Gasteiger partial charge in [-0.25, -0.2) is 0 Å². The Morgan fingerprint density at radius 2 is 2.28 bits per heavy atom. The number of piperidine rings is 1. The predicted octanol–water partition coefficient (Wildman–Crippen LogP) is 1.44. The molecule has 4 heteroatoms. The molecule has 18 heavy (non-hydrogen) atoms. The van der Waals surface area contributed by atoms with E-state index in [0.717, 1.165) is 18.3 Å². The van der Waals surface area contributed by atoms with Crippen LogP contribution in [0.25, 0.3) is 0 Å². The second-order valence-electron chi connectivity index (χ2n) is 5.85. The number of nitrogens with zero attached hydrogens (tertiary/aromatic N) is 3. The highest BCUT2D eigenvalue weighted by molar-refractivity contribution is 5.15. The molecule has 2 aliphatic heterocycles. The Hall–Kier alpha value is -0.870. The van der Waals surface area contributed by atoms with Crippen LogP contribution < -0.4 is 5.32 Å². The average Bonchev–Trinajstić information content (AvgIpc) is 2.92. The first kappa shape index (κ1) is 12.2. The number of nitrogens with one attached hydrogen (secondary N) is 1. The molecular formula is C14H24N4. The quantitative estimate of drug-likeness (QED) is 0.879. The first-order valence-electron chi connectivity index (χ1n) is 7.19. The molecule has 1 aromatic heterocycles. The molecule has 3 rings (SSSR count). The highest BCUT2D eigenvalue weighted by atomic mass is 15.3. The van der Waals surface area contributed by atoms with Gasteiger partial charge in [-0.2, -0.15) is 5.10 Å². The highest BCUT2D eigenvalue weighted by Crippen LogP contribution is 2.26. The van der Waals surface area contributed by atoms with Crippen LogP contribution in [-0.2, 0) is 13.6 Å². The van der Waals surface area contributed by atoms with Gasteiger partial charge >= 0.3 is 0 Å². The van der Waals surface area contributed by atoms with Crippen molar-refractivity contribution in [3.63, 3.8) is 0 Å². The summed E-state index contributed by atoms with van der Waals surface area (Å²) in [6.07, 6.45) is 7.57. The summed E-state index contributed by atoms with van der Waals surface area (Å²) < 4.78 is 1.91. The number of aromatic nitrogens is 2. The molecule has 100 valence electrons.